The average molecular weight is 434 g/mol. The summed E-state index contributed by atoms with van der Waals surface area (Å²) >= 11 is 9.11. The van der Waals surface area contributed by atoms with Crippen LogP contribution in [0.4, 0.5) is 0 Å². The third kappa shape index (κ3) is 3.36. The number of hydrogen-bond acceptors (Lipinski definition) is 5. The fraction of sp³-hybridized carbons (Fsp3) is 0.350. The Morgan fingerprint density at radius 1 is 1.36 bits per heavy atom. The summed E-state index contributed by atoms with van der Waals surface area (Å²) in [7, 11) is 0. The number of primary amides is 1. The summed E-state index contributed by atoms with van der Waals surface area (Å²) in [4.78, 5) is 32.0. The molecule has 1 aromatic carbocycles. The van der Waals surface area contributed by atoms with Gasteiger partial charge in [0.2, 0.25) is 5.91 Å². The van der Waals surface area contributed by atoms with Gasteiger partial charge in [0.25, 0.3) is 5.56 Å². The molecule has 2 aromatic heterocycles. The highest BCUT2D eigenvalue weighted by atomic mass is 35.5. The van der Waals surface area contributed by atoms with Crippen molar-refractivity contribution >= 4 is 50.8 Å². The van der Waals surface area contributed by atoms with Gasteiger partial charge in [0.1, 0.15) is 4.83 Å². The largest absolute Gasteiger partial charge is 0.369 e. The topological polar surface area (TPSA) is 78.0 Å². The van der Waals surface area contributed by atoms with Crippen LogP contribution in [0.2, 0.25) is 5.02 Å². The van der Waals surface area contributed by atoms with Gasteiger partial charge in [-0.3, -0.25) is 14.2 Å². The van der Waals surface area contributed by atoms with Gasteiger partial charge in [-0.25, -0.2) is 4.98 Å². The maximum Gasteiger partial charge on any atom is 0.267 e. The minimum absolute atomic E-state index is 0.108. The molecular formula is C20H20ClN3O2S2. The number of nitrogens with zero attached hydrogens (tertiary/aromatic N) is 2. The number of aryl methyl sites for hydroxylation is 3. The van der Waals surface area contributed by atoms with E-state index in [0.29, 0.717) is 21.3 Å². The van der Waals surface area contributed by atoms with E-state index in [2.05, 4.69) is 0 Å². The number of thioether (sulfide) groups is 1. The minimum atomic E-state index is -0.508. The predicted molar refractivity (Wildman–Crippen MR) is 116 cm³/mol. The molecule has 4 rings (SSSR count). The summed E-state index contributed by atoms with van der Waals surface area (Å²) in [6.45, 7) is 3.63. The normalized spacial score (nSPS) is 14.8. The van der Waals surface area contributed by atoms with Gasteiger partial charge in [0.05, 0.1) is 16.3 Å². The molecule has 2 heterocycles. The molecule has 146 valence electrons. The van der Waals surface area contributed by atoms with Crippen LogP contribution in [0.1, 0.15) is 35.8 Å². The zero-order chi connectivity index (χ0) is 20.0. The fourth-order valence-corrected chi connectivity index (χ4v) is 5.78. The maximum atomic E-state index is 13.6. The van der Waals surface area contributed by atoms with E-state index in [4.69, 9.17) is 22.3 Å². The number of fused-ring (bicyclic) bond motifs is 3. The van der Waals surface area contributed by atoms with Crippen LogP contribution >= 0.6 is 34.7 Å². The Bertz CT molecular complexity index is 1150. The lowest BCUT2D eigenvalue weighted by atomic mass is 9.97. The van der Waals surface area contributed by atoms with Crippen LogP contribution < -0.4 is 11.3 Å². The van der Waals surface area contributed by atoms with Crippen molar-refractivity contribution < 1.29 is 4.79 Å². The highest BCUT2D eigenvalue weighted by Crippen LogP contribution is 2.36. The molecule has 0 saturated carbocycles. The number of thiophene rings is 1. The molecule has 28 heavy (non-hydrogen) atoms. The van der Waals surface area contributed by atoms with Gasteiger partial charge in [-0.2, -0.15) is 0 Å². The first-order chi connectivity index (χ1) is 13.4. The predicted octanol–water partition coefficient (Wildman–Crippen LogP) is 4.25. The van der Waals surface area contributed by atoms with E-state index in [0.717, 1.165) is 41.6 Å². The van der Waals surface area contributed by atoms with E-state index in [1.165, 1.54) is 16.6 Å². The van der Waals surface area contributed by atoms with E-state index in [1.807, 2.05) is 19.1 Å². The van der Waals surface area contributed by atoms with Gasteiger partial charge >= 0.3 is 0 Å². The molecule has 0 bridgehead atoms. The number of rotatable bonds is 4. The van der Waals surface area contributed by atoms with Crippen molar-refractivity contribution in [1.29, 1.82) is 0 Å². The van der Waals surface area contributed by atoms with Gasteiger partial charge in [0.15, 0.2) is 5.16 Å². The number of carbonyl (C=O) groups excluding carboxylic acids is 1. The Morgan fingerprint density at radius 3 is 2.82 bits per heavy atom. The van der Waals surface area contributed by atoms with Crippen LogP contribution in [0.5, 0.6) is 0 Å². The third-order valence-corrected chi connectivity index (χ3v) is 7.72. The number of nitrogens with two attached hydrogens (primary N) is 1. The van der Waals surface area contributed by atoms with Gasteiger partial charge in [0, 0.05) is 9.90 Å². The smallest absolute Gasteiger partial charge is 0.267 e. The molecule has 8 heteroatoms. The highest BCUT2D eigenvalue weighted by molar-refractivity contribution is 8.00. The Morgan fingerprint density at radius 2 is 2.11 bits per heavy atom. The molecule has 3 aromatic rings. The quantitative estimate of drug-likeness (QED) is 0.492. The Labute approximate surface area is 175 Å². The van der Waals surface area contributed by atoms with E-state index in [-0.39, 0.29) is 5.56 Å². The van der Waals surface area contributed by atoms with Crippen molar-refractivity contribution in [2.75, 3.05) is 0 Å². The number of amides is 1. The number of benzene rings is 1. The zero-order valence-electron chi connectivity index (χ0n) is 15.6. The van der Waals surface area contributed by atoms with Crippen molar-refractivity contribution in [2.45, 2.75) is 49.9 Å². The van der Waals surface area contributed by atoms with Crippen molar-refractivity contribution in [3.05, 3.63) is 49.6 Å². The Kier molecular flexibility index (Phi) is 5.24. The SMILES string of the molecule is Cc1ccc(-n2c(S[C@H](C)C(N)=O)nc3sc4c(c3c2=O)CCCC4)cc1Cl. The molecule has 5 nitrogen and oxygen atoms in total. The molecule has 2 N–H and O–H groups in total. The molecule has 1 amide bonds. The fourth-order valence-electron chi connectivity index (χ4n) is 3.43. The Hall–Kier alpha value is -1.83. The van der Waals surface area contributed by atoms with Crippen molar-refractivity contribution in [1.82, 2.24) is 9.55 Å². The van der Waals surface area contributed by atoms with Crippen LogP contribution in [0.15, 0.2) is 28.2 Å². The lowest BCUT2D eigenvalue weighted by Crippen LogP contribution is -2.26. The summed E-state index contributed by atoms with van der Waals surface area (Å²) in [5.41, 5.74) is 8.05. The molecule has 0 fully saturated rings. The molecule has 0 radical (unpaired) electrons. The number of carbonyl (C=O) groups is 1. The number of halogens is 1. The summed E-state index contributed by atoms with van der Waals surface area (Å²) in [6, 6.07) is 5.50. The standard InChI is InChI=1S/C20H20ClN3O2S2/c1-10-7-8-12(9-14(10)21)24-19(26)16-13-5-3-4-6-15(13)28-18(16)23-20(24)27-11(2)17(22)25/h7-9,11H,3-6H2,1-2H3,(H2,22,25)/t11-/m1/s1. The highest BCUT2D eigenvalue weighted by Gasteiger charge is 2.24. The summed E-state index contributed by atoms with van der Waals surface area (Å²) in [6.07, 6.45) is 4.13. The second-order valence-electron chi connectivity index (χ2n) is 7.02. The van der Waals surface area contributed by atoms with Crippen LogP contribution in [0.3, 0.4) is 0 Å². The lowest BCUT2D eigenvalue weighted by Gasteiger charge is -2.15. The van der Waals surface area contributed by atoms with Crippen molar-refractivity contribution in [3.63, 3.8) is 0 Å². The van der Waals surface area contributed by atoms with Crippen LogP contribution in [-0.2, 0) is 17.6 Å². The first-order valence-electron chi connectivity index (χ1n) is 9.16. The molecule has 0 unspecified atom stereocenters. The maximum absolute atomic E-state index is 13.6. The number of hydrogen-bond donors (Lipinski definition) is 1. The second kappa shape index (κ2) is 7.54. The molecule has 1 aliphatic rings. The molecule has 0 spiro atoms. The van der Waals surface area contributed by atoms with Gasteiger partial charge < -0.3 is 5.73 Å². The number of aromatic nitrogens is 2. The lowest BCUT2D eigenvalue weighted by molar-refractivity contribution is -0.117. The summed E-state index contributed by atoms with van der Waals surface area (Å²) in [5, 5.41) is 1.23. The van der Waals surface area contributed by atoms with E-state index < -0.39 is 11.2 Å². The second-order valence-corrected chi connectivity index (χ2v) is 9.82. The molecule has 1 atom stereocenters. The van der Waals surface area contributed by atoms with E-state index in [9.17, 15) is 9.59 Å². The van der Waals surface area contributed by atoms with Crippen molar-refractivity contribution in [3.8, 4) is 5.69 Å². The minimum Gasteiger partial charge on any atom is -0.369 e. The molecule has 0 aliphatic heterocycles. The van der Waals surface area contributed by atoms with Gasteiger partial charge in [-0.1, -0.05) is 29.4 Å². The van der Waals surface area contributed by atoms with E-state index in [1.54, 1.807) is 28.9 Å². The monoisotopic (exact) mass is 433 g/mol. The van der Waals surface area contributed by atoms with Crippen LogP contribution in [0, 0.1) is 6.92 Å². The van der Waals surface area contributed by atoms with Crippen LogP contribution in [0.25, 0.3) is 15.9 Å². The van der Waals surface area contributed by atoms with Gasteiger partial charge in [-0.15, -0.1) is 11.3 Å². The van der Waals surface area contributed by atoms with Gasteiger partial charge in [-0.05, 0) is 62.8 Å². The summed E-state index contributed by atoms with van der Waals surface area (Å²) in [5.74, 6) is -0.446. The third-order valence-electron chi connectivity index (χ3n) is 5.05. The Balaban J connectivity index is 2.00. The molecule has 0 saturated heterocycles. The first-order valence-corrected chi connectivity index (χ1v) is 11.2. The van der Waals surface area contributed by atoms with Crippen LogP contribution in [-0.4, -0.2) is 20.7 Å². The van der Waals surface area contributed by atoms with E-state index >= 15 is 0 Å². The molecular weight excluding hydrogens is 414 g/mol. The van der Waals surface area contributed by atoms with Crippen molar-refractivity contribution in [2.24, 2.45) is 5.73 Å². The average Bonchev–Trinajstić information content (AvgIpc) is 3.03. The molecule has 1 aliphatic carbocycles. The summed E-state index contributed by atoms with van der Waals surface area (Å²) < 4.78 is 1.57. The first kappa shape index (κ1) is 19.5. The zero-order valence-corrected chi connectivity index (χ0v) is 18.0.